The molecule has 0 aliphatic carbocycles. The van der Waals surface area contributed by atoms with Gasteiger partial charge in [0.1, 0.15) is 0 Å². The second kappa shape index (κ2) is 10.1. The van der Waals surface area contributed by atoms with E-state index in [4.69, 9.17) is 0 Å². The molecule has 0 spiro atoms. The van der Waals surface area contributed by atoms with E-state index in [-0.39, 0.29) is 11.8 Å². The van der Waals surface area contributed by atoms with Gasteiger partial charge in [-0.05, 0) is 47.2 Å². The van der Waals surface area contributed by atoms with Crippen molar-refractivity contribution in [3.8, 4) is 0 Å². The zero-order valence-electron chi connectivity index (χ0n) is 22.5. The molecular formula is C36H32N2O2. The Balaban J connectivity index is 1.59. The topological polar surface area (TPSA) is 40.6 Å². The van der Waals surface area contributed by atoms with Crippen molar-refractivity contribution in [1.82, 2.24) is 0 Å². The highest BCUT2D eigenvalue weighted by atomic mass is 16.2. The fourth-order valence-corrected chi connectivity index (χ4v) is 6.90. The fourth-order valence-electron chi connectivity index (χ4n) is 6.90. The zero-order valence-corrected chi connectivity index (χ0v) is 22.5. The number of allylic oxidation sites excluding steroid dienone is 2. The van der Waals surface area contributed by atoms with E-state index in [1.165, 1.54) is 0 Å². The van der Waals surface area contributed by atoms with Gasteiger partial charge in [0.25, 0.3) is 0 Å². The summed E-state index contributed by atoms with van der Waals surface area (Å²) in [5.74, 6) is -0.159. The summed E-state index contributed by atoms with van der Waals surface area (Å²) in [7, 11) is 0. The lowest BCUT2D eigenvalue weighted by Gasteiger charge is -2.44. The van der Waals surface area contributed by atoms with Gasteiger partial charge in [-0.1, -0.05) is 109 Å². The summed E-state index contributed by atoms with van der Waals surface area (Å²) in [4.78, 5) is 33.8. The minimum atomic E-state index is -1.19. The molecule has 0 unspecified atom stereocenters. The third-order valence-electron chi connectivity index (χ3n) is 8.53. The number of carbonyl (C=O) groups excluding carboxylic acids is 2. The molecule has 6 rings (SSSR count). The van der Waals surface area contributed by atoms with E-state index >= 15 is 9.59 Å². The zero-order chi connectivity index (χ0) is 27.7. The van der Waals surface area contributed by atoms with E-state index in [1.54, 1.807) is 12.2 Å². The van der Waals surface area contributed by atoms with E-state index in [1.807, 2.05) is 119 Å². The molecule has 0 saturated carbocycles. The summed E-state index contributed by atoms with van der Waals surface area (Å²) >= 11 is 0. The largest absolute Gasteiger partial charge is 0.307 e. The molecule has 4 aromatic rings. The molecule has 4 aromatic carbocycles. The van der Waals surface area contributed by atoms with Crippen LogP contribution in [0.25, 0.3) is 0 Å². The van der Waals surface area contributed by atoms with E-state index in [9.17, 15) is 0 Å². The summed E-state index contributed by atoms with van der Waals surface area (Å²) in [6.07, 6.45) is 4.23. The van der Waals surface area contributed by atoms with Crippen LogP contribution >= 0.6 is 0 Å². The van der Waals surface area contributed by atoms with Crippen molar-refractivity contribution in [1.29, 1.82) is 0 Å². The first-order valence-corrected chi connectivity index (χ1v) is 13.7. The minimum Gasteiger partial charge on any atom is -0.307 e. The van der Waals surface area contributed by atoms with Crippen molar-refractivity contribution >= 4 is 23.2 Å². The van der Waals surface area contributed by atoms with Gasteiger partial charge in [-0.2, -0.15) is 0 Å². The number of nitrogens with zero attached hydrogens (tertiary/aromatic N) is 2. The van der Waals surface area contributed by atoms with Crippen LogP contribution in [0.3, 0.4) is 0 Å². The van der Waals surface area contributed by atoms with Crippen LogP contribution in [-0.4, -0.2) is 11.8 Å². The van der Waals surface area contributed by atoms with Crippen molar-refractivity contribution in [2.24, 2.45) is 0 Å². The average molecular weight is 525 g/mol. The molecule has 0 N–H and O–H groups in total. The molecule has 0 bridgehead atoms. The number of carbonyl (C=O) groups is 2. The molecule has 4 heteroatoms. The van der Waals surface area contributed by atoms with Crippen LogP contribution in [0.4, 0.5) is 11.4 Å². The van der Waals surface area contributed by atoms with Gasteiger partial charge in [0.15, 0.2) is 0 Å². The number of hydrogen-bond donors (Lipinski definition) is 0. The molecule has 4 nitrogen and oxygen atoms in total. The van der Waals surface area contributed by atoms with Crippen LogP contribution in [0.1, 0.15) is 35.1 Å². The molecule has 2 heterocycles. The number of hydrogen-bond acceptors (Lipinski definition) is 2. The second-order valence-electron chi connectivity index (χ2n) is 10.6. The third kappa shape index (κ3) is 3.60. The quantitative estimate of drug-likeness (QED) is 0.219. The van der Waals surface area contributed by atoms with Gasteiger partial charge < -0.3 is 9.80 Å². The van der Waals surface area contributed by atoms with Crippen LogP contribution in [0, 0.1) is 0 Å². The maximum absolute atomic E-state index is 15.0. The second-order valence-corrected chi connectivity index (χ2v) is 10.6. The third-order valence-corrected chi connectivity index (χ3v) is 8.53. The molecule has 0 saturated heterocycles. The average Bonchev–Trinajstić information content (AvgIpc) is 3.37. The van der Waals surface area contributed by atoms with E-state index in [0.29, 0.717) is 25.9 Å². The van der Waals surface area contributed by atoms with E-state index < -0.39 is 10.8 Å². The molecule has 2 amide bonds. The molecule has 0 radical (unpaired) electrons. The number of amides is 2. The number of fused-ring (bicyclic) bond motifs is 2. The maximum Gasteiger partial charge on any atom is 0.239 e. The Bertz CT molecular complexity index is 1470. The highest BCUT2D eigenvalue weighted by Crippen LogP contribution is 2.61. The number of anilines is 2. The van der Waals surface area contributed by atoms with Crippen molar-refractivity contribution in [2.75, 3.05) is 9.80 Å². The number of para-hydroxylation sites is 2. The Morgan fingerprint density at radius 3 is 1.25 bits per heavy atom. The fraction of sp³-hybridized carbons (Fsp3) is 0.167. The lowest BCUT2D eigenvalue weighted by molar-refractivity contribution is -0.134. The SMILES string of the molecule is C=CC[C@@]1([C@]2(CC=C)C(=O)N(Cc3ccccc3)c3ccccc32)C(=O)N(Cc2ccccc2)c2ccccc21. The Labute approximate surface area is 235 Å². The first-order valence-electron chi connectivity index (χ1n) is 13.7. The summed E-state index contributed by atoms with van der Waals surface area (Å²) in [6.45, 7) is 9.03. The van der Waals surface area contributed by atoms with Crippen LogP contribution in [0.2, 0.25) is 0 Å². The van der Waals surface area contributed by atoms with E-state index in [2.05, 4.69) is 13.2 Å². The summed E-state index contributed by atoms with van der Waals surface area (Å²) in [5, 5.41) is 0. The van der Waals surface area contributed by atoms with Gasteiger partial charge in [0, 0.05) is 11.4 Å². The maximum atomic E-state index is 15.0. The minimum absolute atomic E-state index is 0.0796. The standard InChI is InChI=1S/C36H32N2O2/c1-3-23-35(29-19-11-13-21-31(29)37(33(35)39)25-27-15-7-5-8-16-27)36(24-4-2)30-20-12-14-22-32(30)38(34(36)40)26-28-17-9-6-10-18-28/h3-22H,1-2,23-26H2/t35-,36-/m0/s1. The Morgan fingerprint density at radius 2 is 0.875 bits per heavy atom. The Kier molecular flexibility index (Phi) is 6.47. The lowest BCUT2D eigenvalue weighted by atomic mass is 9.54. The van der Waals surface area contributed by atoms with Crippen molar-refractivity contribution < 1.29 is 9.59 Å². The number of benzene rings is 4. The molecule has 0 aromatic heterocycles. The van der Waals surface area contributed by atoms with Gasteiger partial charge in [0.2, 0.25) is 11.8 Å². The summed E-state index contributed by atoms with van der Waals surface area (Å²) < 4.78 is 0. The van der Waals surface area contributed by atoms with Crippen molar-refractivity contribution in [2.45, 2.75) is 36.8 Å². The first kappa shape index (κ1) is 25.6. The monoisotopic (exact) mass is 524 g/mol. The molecule has 2 aliphatic rings. The normalized spacial score (nSPS) is 21.3. The predicted octanol–water partition coefficient (Wildman–Crippen LogP) is 7.11. The Morgan fingerprint density at radius 1 is 0.525 bits per heavy atom. The molecular weight excluding hydrogens is 492 g/mol. The lowest BCUT2D eigenvalue weighted by Crippen LogP contribution is -2.59. The van der Waals surface area contributed by atoms with Gasteiger partial charge >= 0.3 is 0 Å². The van der Waals surface area contributed by atoms with Crippen LogP contribution in [0.5, 0.6) is 0 Å². The van der Waals surface area contributed by atoms with Crippen LogP contribution in [-0.2, 0) is 33.5 Å². The first-order chi connectivity index (χ1) is 19.6. The van der Waals surface area contributed by atoms with Gasteiger partial charge in [-0.3, -0.25) is 9.59 Å². The van der Waals surface area contributed by atoms with Crippen molar-refractivity contribution in [3.05, 3.63) is 157 Å². The highest BCUT2D eigenvalue weighted by Gasteiger charge is 2.69. The van der Waals surface area contributed by atoms with Gasteiger partial charge in [0.05, 0.1) is 23.9 Å². The number of rotatable bonds is 9. The highest BCUT2D eigenvalue weighted by molar-refractivity contribution is 6.19. The van der Waals surface area contributed by atoms with Gasteiger partial charge in [-0.25, -0.2) is 0 Å². The summed E-state index contributed by atoms with van der Waals surface area (Å²) in [5.41, 5.74) is 3.09. The van der Waals surface area contributed by atoms with Crippen molar-refractivity contribution in [3.63, 3.8) is 0 Å². The molecule has 198 valence electrons. The van der Waals surface area contributed by atoms with Crippen LogP contribution < -0.4 is 9.80 Å². The predicted molar refractivity (Wildman–Crippen MR) is 161 cm³/mol. The molecule has 2 atom stereocenters. The van der Waals surface area contributed by atoms with Crippen LogP contribution in [0.15, 0.2) is 135 Å². The summed E-state index contributed by atoms with van der Waals surface area (Å²) in [6, 6.07) is 35.9. The molecule has 2 aliphatic heterocycles. The van der Waals surface area contributed by atoms with E-state index in [0.717, 1.165) is 33.6 Å². The molecule has 0 fully saturated rings. The van der Waals surface area contributed by atoms with Gasteiger partial charge in [-0.15, -0.1) is 13.2 Å². The smallest absolute Gasteiger partial charge is 0.239 e. The molecule has 40 heavy (non-hydrogen) atoms. The Hall–Kier alpha value is -4.70.